The Morgan fingerprint density at radius 1 is 1.00 bits per heavy atom. The third kappa shape index (κ3) is 5.56. The van der Waals surface area contributed by atoms with Gasteiger partial charge in [0.2, 0.25) is 0 Å². The van der Waals surface area contributed by atoms with E-state index in [0.717, 1.165) is 12.8 Å². The van der Waals surface area contributed by atoms with E-state index in [-0.39, 0.29) is 17.2 Å². The molecule has 1 heterocycles. The van der Waals surface area contributed by atoms with E-state index in [0.29, 0.717) is 5.92 Å². The van der Waals surface area contributed by atoms with Crippen molar-refractivity contribution < 1.29 is 5.11 Å². The Bertz CT molecular complexity index is 293. The molecule has 1 rings (SSSR count). The molecule has 0 aromatic carbocycles. The largest absolute Gasteiger partial charge is 0.393 e. The molecule has 4 atom stereocenters. The third-order valence-corrected chi connectivity index (χ3v) is 5.91. The van der Waals surface area contributed by atoms with Gasteiger partial charge in [-0.05, 0) is 33.1 Å². The normalized spacial score (nSPS) is 36.9. The van der Waals surface area contributed by atoms with E-state index in [1.54, 1.807) is 0 Å². The Morgan fingerprint density at radius 3 is 2.14 bits per heavy atom. The van der Waals surface area contributed by atoms with Crippen LogP contribution in [0, 0.1) is 5.92 Å². The maximum atomic E-state index is 10.4. The van der Waals surface area contributed by atoms with Gasteiger partial charge in [-0.2, -0.15) is 0 Å². The van der Waals surface area contributed by atoms with Crippen molar-refractivity contribution in [2.45, 2.75) is 116 Å². The molecule has 0 radical (unpaired) electrons. The Morgan fingerprint density at radius 2 is 1.57 bits per heavy atom. The highest BCUT2D eigenvalue weighted by Gasteiger charge is 2.46. The molecule has 126 valence electrons. The highest BCUT2D eigenvalue weighted by atomic mass is 16.3. The van der Waals surface area contributed by atoms with Crippen molar-refractivity contribution >= 4 is 0 Å². The second-order valence-electron chi connectivity index (χ2n) is 7.89. The van der Waals surface area contributed by atoms with Crippen molar-refractivity contribution in [1.29, 1.82) is 0 Å². The first-order chi connectivity index (χ1) is 9.87. The highest BCUT2D eigenvalue weighted by Crippen LogP contribution is 2.38. The lowest BCUT2D eigenvalue weighted by atomic mass is 9.69. The van der Waals surface area contributed by atoms with Gasteiger partial charge >= 0.3 is 0 Å². The van der Waals surface area contributed by atoms with Crippen molar-refractivity contribution in [3.8, 4) is 0 Å². The maximum absolute atomic E-state index is 10.4. The minimum absolute atomic E-state index is 0.0891. The van der Waals surface area contributed by atoms with Gasteiger partial charge in [-0.25, -0.2) is 0 Å². The van der Waals surface area contributed by atoms with Crippen LogP contribution in [-0.2, 0) is 0 Å². The van der Waals surface area contributed by atoms with Gasteiger partial charge in [-0.3, -0.25) is 0 Å². The molecule has 0 bridgehead atoms. The number of aliphatic hydroxyl groups is 1. The molecule has 1 aliphatic heterocycles. The quantitative estimate of drug-likeness (QED) is 0.584. The molecule has 1 fully saturated rings. The van der Waals surface area contributed by atoms with Crippen LogP contribution in [0.25, 0.3) is 0 Å². The van der Waals surface area contributed by atoms with Crippen molar-refractivity contribution in [3.63, 3.8) is 0 Å². The van der Waals surface area contributed by atoms with Crippen LogP contribution in [0.1, 0.15) is 98.8 Å². The van der Waals surface area contributed by atoms with Crippen LogP contribution in [0.5, 0.6) is 0 Å². The van der Waals surface area contributed by atoms with E-state index in [4.69, 9.17) is 0 Å². The van der Waals surface area contributed by atoms with E-state index < -0.39 is 0 Å². The van der Waals surface area contributed by atoms with Gasteiger partial charge in [0, 0.05) is 17.0 Å². The summed E-state index contributed by atoms with van der Waals surface area (Å²) in [5.74, 6) is 0.345. The fourth-order valence-electron chi connectivity index (χ4n) is 3.89. The molecule has 0 saturated carbocycles. The van der Waals surface area contributed by atoms with Crippen LogP contribution in [-0.4, -0.2) is 22.3 Å². The lowest BCUT2D eigenvalue weighted by Crippen LogP contribution is -2.66. The van der Waals surface area contributed by atoms with Crippen LogP contribution in [0.4, 0.5) is 0 Å². The monoisotopic (exact) mass is 297 g/mol. The summed E-state index contributed by atoms with van der Waals surface area (Å²) in [6.07, 6.45) is 12.5. The molecular formula is C19H39NO. The highest BCUT2D eigenvalue weighted by molar-refractivity contribution is 5.04. The molecule has 0 aromatic rings. The minimum Gasteiger partial charge on any atom is -0.393 e. The van der Waals surface area contributed by atoms with Crippen LogP contribution in [0.2, 0.25) is 0 Å². The zero-order chi connectivity index (χ0) is 15.9. The van der Waals surface area contributed by atoms with Gasteiger partial charge in [0.15, 0.2) is 0 Å². The summed E-state index contributed by atoms with van der Waals surface area (Å²) in [6.45, 7) is 11.3. The molecule has 1 saturated heterocycles. The van der Waals surface area contributed by atoms with Crippen LogP contribution in [0.15, 0.2) is 0 Å². The molecule has 2 heteroatoms. The fourth-order valence-corrected chi connectivity index (χ4v) is 3.89. The van der Waals surface area contributed by atoms with Crippen LogP contribution < -0.4 is 5.32 Å². The molecular weight excluding hydrogens is 258 g/mol. The van der Waals surface area contributed by atoms with Gasteiger partial charge in [0.25, 0.3) is 0 Å². The molecule has 21 heavy (non-hydrogen) atoms. The summed E-state index contributed by atoms with van der Waals surface area (Å²) >= 11 is 0. The van der Waals surface area contributed by atoms with Gasteiger partial charge < -0.3 is 10.4 Å². The standard InChI is InChI=1S/C19H39NO/c1-6-8-9-10-11-12-13-14-19(5)16(3)17(21)15-18(4,7-2)20-19/h16-17,20-21H,6-15H2,1-5H3. The first kappa shape index (κ1) is 19.0. The smallest absolute Gasteiger partial charge is 0.0600 e. The summed E-state index contributed by atoms with van der Waals surface area (Å²) in [4.78, 5) is 0. The number of nitrogens with one attached hydrogen (secondary N) is 1. The molecule has 2 N–H and O–H groups in total. The van der Waals surface area contributed by atoms with Crippen LogP contribution >= 0.6 is 0 Å². The number of aliphatic hydroxyl groups excluding tert-OH is 1. The number of rotatable bonds is 9. The average molecular weight is 298 g/mol. The van der Waals surface area contributed by atoms with Gasteiger partial charge in [0.1, 0.15) is 0 Å². The number of hydrogen-bond acceptors (Lipinski definition) is 2. The second-order valence-corrected chi connectivity index (χ2v) is 7.89. The van der Waals surface area contributed by atoms with Crippen molar-refractivity contribution in [2.24, 2.45) is 5.92 Å². The molecule has 2 nitrogen and oxygen atoms in total. The zero-order valence-electron chi connectivity index (χ0n) is 15.2. The first-order valence-corrected chi connectivity index (χ1v) is 9.34. The second kappa shape index (κ2) is 8.53. The van der Waals surface area contributed by atoms with Crippen LogP contribution in [0.3, 0.4) is 0 Å². The molecule has 0 aromatic heterocycles. The van der Waals surface area contributed by atoms with Gasteiger partial charge in [-0.1, -0.05) is 65.7 Å². The van der Waals surface area contributed by atoms with Crippen molar-refractivity contribution in [1.82, 2.24) is 5.32 Å². The Balaban J connectivity index is 2.39. The minimum atomic E-state index is -0.161. The number of hydrogen-bond donors (Lipinski definition) is 2. The Hall–Kier alpha value is -0.0800. The molecule has 0 amide bonds. The predicted molar refractivity (Wildman–Crippen MR) is 92.6 cm³/mol. The summed E-state index contributed by atoms with van der Waals surface area (Å²) in [5.41, 5.74) is 0.188. The first-order valence-electron chi connectivity index (χ1n) is 9.34. The van der Waals surface area contributed by atoms with Crippen molar-refractivity contribution in [3.05, 3.63) is 0 Å². The predicted octanol–water partition coefficient (Wildman–Crippen LogP) is 5.04. The van der Waals surface area contributed by atoms with Gasteiger partial charge in [0.05, 0.1) is 6.10 Å². The average Bonchev–Trinajstić information content (AvgIpc) is 2.44. The molecule has 4 unspecified atom stereocenters. The molecule has 1 aliphatic rings. The van der Waals surface area contributed by atoms with E-state index in [1.807, 2.05) is 0 Å². The fraction of sp³-hybridized carbons (Fsp3) is 1.00. The van der Waals surface area contributed by atoms with Gasteiger partial charge in [-0.15, -0.1) is 0 Å². The number of unbranched alkanes of at least 4 members (excludes halogenated alkanes) is 6. The lowest BCUT2D eigenvalue weighted by Gasteiger charge is -2.52. The van der Waals surface area contributed by atoms with E-state index >= 15 is 0 Å². The summed E-state index contributed by atoms with van der Waals surface area (Å²) in [7, 11) is 0. The van der Waals surface area contributed by atoms with E-state index in [1.165, 1.54) is 51.4 Å². The molecule has 0 spiro atoms. The van der Waals surface area contributed by atoms with E-state index in [9.17, 15) is 5.11 Å². The lowest BCUT2D eigenvalue weighted by molar-refractivity contribution is -0.0304. The van der Waals surface area contributed by atoms with E-state index in [2.05, 4.69) is 39.9 Å². The topological polar surface area (TPSA) is 32.3 Å². The summed E-state index contributed by atoms with van der Waals surface area (Å²) < 4.78 is 0. The van der Waals surface area contributed by atoms with Crippen molar-refractivity contribution in [2.75, 3.05) is 0 Å². The number of piperidine rings is 1. The zero-order valence-corrected chi connectivity index (χ0v) is 15.2. The Kier molecular flexibility index (Phi) is 7.70. The summed E-state index contributed by atoms with van der Waals surface area (Å²) in [5, 5.41) is 14.3. The molecule has 0 aliphatic carbocycles. The Labute approximate surface area is 133 Å². The SMILES string of the molecule is CCCCCCCCCC1(C)NC(C)(CC)CC(O)C1C. The summed E-state index contributed by atoms with van der Waals surface area (Å²) in [6, 6.07) is 0. The third-order valence-electron chi connectivity index (χ3n) is 5.91. The maximum Gasteiger partial charge on any atom is 0.0600 e.